The predicted octanol–water partition coefficient (Wildman–Crippen LogP) is 3.22. The van der Waals surface area contributed by atoms with Crippen LogP contribution in [-0.2, 0) is 26.5 Å². The molecular weight excluding hydrogens is 384 g/mol. The Kier molecular flexibility index (Phi) is 5.88. The number of aryl methyl sites for hydroxylation is 1. The van der Waals surface area contributed by atoms with Crippen LogP contribution in [-0.4, -0.2) is 34.2 Å². The summed E-state index contributed by atoms with van der Waals surface area (Å²) in [5, 5.41) is 0. The summed E-state index contributed by atoms with van der Waals surface area (Å²) in [6, 6.07) is 12.7. The van der Waals surface area contributed by atoms with Crippen LogP contribution in [0.2, 0.25) is 0 Å². The SMILES string of the molecule is CCCc1ccc(S(=O)(=O)Nc2cccc(S(=O)(=O)N3CCCC3)c2)cc1. The second-order valence-electron chi connectivity index (χ2n) is 6.64. The molecule has 0 spiro atoms. The molecule has 0 radical (unpaired) electrons. The summed E-state index contributed by atoms with van der Waals surface area (Å²) >= 11 is 0. The van der Waals surface area contributed by atoms with Crippen molar-refractivity contribution in [3.8, 4) is 0 Å². The number of hydrogen-bond donors (Lipinski definition) is 1. The van der Waals surface area contributed by atoms with Crippen molar-refractivity contribution in [2.24, 2.45) is 0 Å². The number of nitrogens with zero attached hydrogens (tertiary/aromatic N) is 1. The van der Waals surface area contributed by atoms with Gasteiger partial charge in [0.15, 0.2) is 0 Å². The lowest BCUT2D eigenvalue weighted by atomic mass is 10.1. The van der Waals surface area contributed by atoms with E-state index in [2.05, 4.69) is 11.6 Å². The van der Waals surface area contributed by atoms with E-state index in [9.17, 15) is 16.8 Å². The number of sulfonamides is 2. The van der Waals surface area contributed by atoms with Crippen LogP contribution >= 0.6 is 0 Å². The molecule has 1 N–H and O–H groups in total. The summed E-state index contributed by atoms with van der Waals surface area (Å²) in [7, 11) is -7.38. The van der Waals surface area contributed by atoms with E-state index in [0.717, 1.165) is 31.2 Å². The van der Waals surface area contributed by atoms with E-state index in [0.29, 0.717) is 13.1 Å². The average molecular weight is 409 g/mol. The average Bonchev–Trinajstić information content (AvgIpc) is 3.18. The lowest BCUT2D eigenvalue weighted by Crippen LogP contribution is -2.27. The molecule has 0 aromatic heterocycles. The Hall–Kier alpha value is -1.90. The molecule has 0 amide bonds. The van der Waals surface area contributed by atoms with Crippen molar-refractivity contribution in [3.63, 3.8) is 0 Å². The van der Waals surface area contributed by atoms with Gasteiger partial charge in [-0.1, -0.05) is 31.5 Å². The number of rotatable bonds is 7. The highest BCUT2D eigenvalue weighted by molar-refractivity contribution is 7.92. The second-order valence-corrected chi connectivity index (χ2v) is 10.3. The van der Waals surface area contributed by atoms with Gasteiger partial charge in [-0.15, -0.1) is 0 Å². The molecule has 6 nitrogen and oxygen atoms in total. The van der Waals surface area contributed by atoms with Crippen LogP contribution in [0.5, 0.6) is 0 Å². The third-order valence-electron chi connectivity index (χ3n) is 4.56. The number of benzene rings is 2. The summed E-state index contributed by atoms with van der Waals surface area (Å²) in [5.74, 6) is 0. The van der Waals surface area contributed by atoms with Crippen LogP contribution in [0, 0.1) is 0 Å². The summed E-state index contributed by atoms with van der Waals surface area (Å²) in [6.07, 6.45) is 3.58. The smallest absolute Gasteiger partial charge is 0.261 e. The molecule has 2 aromatic carbocycles. The molecule has 1 fully saturated rings. The van der Waals surface area contributed by atoms with Gasteiger partial charge >= 0.3 is 0 Å². The van der Waals surface area contributed by atoms with Gasteiger partial charge in [0.25, 0.3) is 10.0 Å². The van der Waals surface area contributed by atoms with Crippen LogP contribution in [0.15, 0.2) is 58.3 Å². The van der Waals surface area contributed by atoms with E-state index in [1.807, 2.05) is 0 Å². The standard InChI is InChI=1S/C19H24N2O4S2/c1-2-6-16-9-11-18(12-10-16)26(22,23)20-17-7-5-8-19(15-17)27(24,25)21-13-3-4-14-21/h5,7-12,15,20H,2-4,6,13-14H2,1H3. The van der Waals surface area contributed by atoms with E-state index in [-0.39, 0.29) is 15.5 Å². The van der Waals surface area contributed by atoms with Crippen molar-refractivity contribution in [3.05, 3.63) is 54.1 Å². The molecule has 1 heterocycles. The van der Waals surface area contributed by atoms with Gasteiger partial charge in [-0.05, 0) is 55.2 Å². The first kappa shape index (κ1) is 19.9. The van der Waals surface area contributed by atoms with Gasteiger partial charge in [0.2, 0.25) is 10.0 Å². The maximum atomic E-state index is 12.7. The van der Waals surface area contributed by atoms with Gasteiger partial charge in [0.05, 0.1) is 15.5 Å². The van der Waals surface area contributed by atoms with Crippen molar-refractivity contribution >= 4 is 25.7 Å². The molecule has 0 unspecified atom stereocenters. The van der Waals surface area contributed by atoms with Crippen LogP contribution in [0.3, 0.4) is 0 Å². The maximum Gasteiger partial charge on any atom is 0.261 e. The molecule has 146 valence electrons. The Bertz CT molecular complexity index is 994. The zero-order valence-electron chi connectivity index (χ0n) is 15.3. The molecule has 0 atom stereocenters. The second kappa shape index (κ2) is 8.00. The van der Waals surface area contributed by atoms with Gasteiger partial charge in [0.1, 0.15) is 0 Å². The lowest BCUT2D eigenvalue weighted by Gasteiger charge is -2.16. The van der Waals surface area contributed by atoms with Crippen LogP contribution in [0.1, 0.15) is 31.7 Å². The molecule has 1 saturated heterocycles. The molecule has 1 aliphatic heterocycles. The van der Waals surface area contributed by atoms with Crippen molar-refractivity contribution in [2.75, 3.05) is 17.8 Å². The lowest BCUT2D eigenvalue weighted by molar-refractivity contribution is 0.477. The maximum absolute atomic E-state index is 12.7. The highest BCUT2D eigenvalue weighted by atomic mass is 32.2. The minimum Gasteiger partial charge on any atom is -0.280 e. The van der Waals surface area contributed by atoms with Crippen molar-refractivity contribution in [1.82, 2.24) is 4.31 Å². The Morgan fingerprint density at radius 2 is 1.59 bits per heavy atom. The predicted molar refractivity (Wildman–Crippen MR) is 106 cm³/mol. The van der Waals surface area contributed by atoms with Crippen molar-refractivity contribution < 1.29 is 16.8 Å². The van der Waals surface area contributed by atoms with E-state index in [4.69, 9.17) is 0 Å². The third-order valence-corrected chi connectivity index (χ3v) is 7.85. The fourth-order valence-corrected chi connectivity index (χ4v) is 5.75. The van der Waals surface area contributed by atoms with E-state index < -0.39 is 20.0 Å². The van der Waals surface area contributed by atoms with Gasteiger partial charge in [-0.3, -0.25) is 4.72 Å². The Labute approximate surface area is 161 Å². The van der Waals surface area contributed by atoms with Crippen LogP contribution in [0.4, 0.5) is 5.69 Å². The highest BCUT2D eigenvalue weighted by Crippen LogP contribution is 2.24. The Morgan fingerprint density at radius 1 is 0.926 bits per heavy atom. The molecule has 1 aliphatic rings. The first-order chi connectivity index (χ1) is 12.8. The number of nitrogens with one attached hydrogen (secondary N) is 1. The zero-order chi connectivity index (χ0) is 19.5. The third kappa shape index (κ3) is 4.51. The molecule has 0 bridgehead atoms. The number of hydrogen-bond acceptors (Lipinski definition) is 4. The van der Waals surface area contributed by atoms with Gasteiger partial charge < -0.3 is 0 Å². The zero-order valence-corrected chi connectivity index (χ0v) is 16.9. The van der Waals surface area contributed by atoms with Crippen molar-refractivity contribution in [1.29, 1.82) is 0 Å². The number of anilines is 1. The van der Waals surface area contributed by atoms with Gasteiger partial charge in [-0.2, -0.15) is 4.31 Å². The van der Waals surface area contributed by atoms with E-state index in [1.54, 1.807) is 36.4 Å². The minimum absolute atomic E-state index is 0.0999. The molecule has 3 rings (SSSR count). The molecule has 2 aromatic rings. The fraction of sp³-hybridized carbons (Fsp3) is 0.368. The van der Waals surface area contributed by atoms with Gasteiger partial charge in [-0.25, -0.2) is 16.8 Å². The van der Waals surface area contributed by atoms with Crippen molar-refractivity contribution in [2.45, 2.75) is 42.4 Å². The Balaban J connectivity index is 1.83. The van der Waals surface area contributed by atoms with Crippen LogP contribution < -0.4 is 4.72 Å². The minimum atomic E-state index is -3.78. The summed E-state index contributed by atoms with van der Waals surface area (Å²) in [5.41, 5.74) is 1.31. The summed E-state index contributed by atoms with van der Waals surface area (Å²) < 4.78 is 54.5. The first-order valence-corrected chi connectivity index (χ1v) is 12.0. The quantitative estimate of drug-likeness (QED) is 0.762. The molecule has 0 saturated carbocycles. The summed E-state index contributed by atoms with van der Waals surface area (Å²) in [4.78, 5) is 0.248. The monoisotopic (exact) mass is 408 g/mol. The highest BCUT2D eigenvalue weighted by Gasteiger charge is 2.27. The van der Waals surface area contributed by atoms with E-state index >= 15 is 0 Å². The molecule has 8 heteroatoms. The molecule has 27 heavy (non-hydrogen) atoms. The van der Waals surface area contributed by atoms with Crippen LogP contribution in [0.25, 0.3) is 0 Å². The fourth-order valence-electron chi connectivity index (χ4n) is 3.14. The Morgan fingerprint density at radius 3 is 2.22 bits per heavy atom. The molecular formula is C19H24N2O4S2. The largest absolute Gasteiger partial charge is 0.280 e. The van der Waals surface area contributed by atoms with E-state index in [1.165, 1.54) is 16.4 Å². The summed E-state index contributed by atoms with van der Waals surface area (Å²) in [6.45, 7) is 3.07. The van der Waals surface area contributed by atoms with Gasteiger partial charge in [0, 0.05) is 13.1 Å². The first-order valence-electron chi connectivity index (χ1n) is 9.05. The normalized spacial score (nSPS) is 15.7. The topological polar surface area (TPSA) is 83.5 Å². The molecule has 0 aliphatic carbocycles.